The molecule has 0 radical (unpaired) electrons. The zero-order chi connectivity index (χ0) is 12.4. The predicted molar refractivity (Wildman–Crippen MR) is 67.4 cm³/mol. The van der Waals surface area contributed by atoms with Crippen molar-refractivity contribution >= 4 is 12.0 Å². The molecule has 4 heteroatoms. The maximum absolute atomic E-state index is 10.6. The van der Waals surface area contributed by atoms with Gasteiger partial charge in [-0.2, -0.15) is 4.99 Å². The summed E-state index contributed by atoms with van der Waals surface area (Å²) in [6.07, 6.45) is 4.65. The van der Waals surface area contributed by atoms with E-state index >= 15 is 0 Å². The van der Waals surface area contributed by atoms with Crippen molar-refractivity contribution in [1.82, 2.24) is 0 Å². The highest BCUT2D eigenvalue weighted by Crippen LogP contribution is 2.44. The van der Waals surface area contributed by atoms with Crippen LogP contribution in [0.5, 0.6) is 0 Å². The molecular weight excluding hydrogens is 228 g/mol. The van der Waals surface area contributed by atoms with E-state index in [9.17, 15) is 4.79 Å². The van der Waals surface area contributed by atoms with Crippen molar-refractivity contribution in [2.75, 3.05) is 13.2 Å². The molecule has 18 heavy (non-hydrogen) atoms. The van der Waals surface area contributed by atoms with Gasteiger partial charge in [-0.15, -0.1) is 0 Å². The molecule has 1 heterocycles. The third kappa shape index (κ3) is 1.75. The Balaban J connectivity index is 1.97. The van der Waals surface area contributed by atoms with Gasteiger partial charge in [0.2, 0.25) is 12.0 Å². The third-order valence-corrected chi connectivity index (χ3v) is 3.67. The number of aliphatic imine (C=N–C) groups is 2. The highest BCUT2D eigenvalue weighted by Gasteiger charge is 2.39. The molecular formula is C14H14N2O2. The zero-order valence-corrected chi connectivity index (χ0v) is 10.1. The number of benzene rings is 1. The molecule has 92 valence electrons. The number of rotatable bonds is 3. The number of isocyanates is 1. The fraction of sp³-hybridized carbons (Fsp3) is 0.429. The van der Waals surface area contributed by atoms with Crippen molar-refractivity contribution in [1.29, 1.82) is 0 Å². The Bertz CT molecular complexity index is 540. The molecule has 3 rings (SSSR count). The van der Waals surface area contributed by atoms with Gasteiger partial charge in [-0.3, -0.25) is 0 Å². The first-order valence-corrected chi connectivity index (χ1v) is 6.21. The molecule has 1 fully saturated rings. The van der Waals surface area contributed by atoms with Gasteiger partial charge in [0, 0.05) is 5.56 Å². The quantitative estimate of drug-likeness (QED) is 0.602. The number of carbonyl (C=O) groups excluding carboxylic acids is 1. The first-order valence-electron chi connectivity index (χ1n) is 6.21. The monoisotopic (exact) mass is 242 g/mol. The lowest BCUT2D eigenvalue weighted by Gasteiger charge is -2.37. The summed E-state index contributed by atoms with van der Waals surface area (Å²) in [4.78, 5) is 18.9. The van der Waals surface area contributed by atoms with Gasteiger partial charge < -0.3 is 4.74 Å². The number of ether oxygens (including phenoxy) is 1. The molecule has 0 saturated heterocycles. The van der Waals surface area contributed by atoms with E-state index in [4.69, 9.17) is 4.74 Å². The topological polar surface area (TPSA) is 51.0 Å². The van der Waals surface area contributed by atoms with E-state index in [0.29, 0.717) is 12.5 Å². The van der Waals surface area contributed by atoms with Crippen LogP contribution in [0.3, 0.4) is 0 Å². The zero-order valence-electron chi connectivity index (χ0n) is 10.1. The van der Waals surface area contributed by atoms with Gasteiger partial charge in [0.25, 0.3) is 0 Å². The Morgan fingerprint density at radius 1 is 1.39 bits per heavy atom. The third-order valence-electron chi connectivity index (χ3n) is 3.67. The highest BCUT2D eigenvalue weighted by molar-refractivity contribution is 5.95. The predicted octanol–water partition coefficient (Wildman–Crippen LogP) is 2.18. The Kier molecular flexibility index (Phi) is 2.73. The van der Waals surface area contributed by atoms with Crippen LogP contribution in [0.2, 0.25) is 0 Å². The summed E-state index contributed by atoms with van der Waals surface area (Å²) in [5.41, 5.74) is 1.68. The summed E-state index contributed by atoms with van der Waals surface area (Å²) < 4.78 is 5.46. The molecule has 1 aliphatic heterocycles. The number of hydrogen-bond acceptors (Lipinski definition) is 4. The molecule has 0 bridgehead atoms. The van der Waals surface area contributed by atoms with Crippen molar-refractivity contribution in [3.8, 4) is 0 Å². The molecule has 0 spiro atoms. The van der Waals surface area contributed by atoms with Crippen LogP contribution in [-0.2, 0) is 15.1 Å². The standard InChI is InChI=1S/C14H14N2O2/c17-10-16-14(5-2-6-14)12-4-1-3-11(9-12)13-15-7-8-18-13/h1,3-4,9H,2,5-8H2. The Labute approximate surface area is 105 Å². The molecule has 0 unspecified atom stereocenters. The van der Waals surface area contributed by atoms with Gasteiger partial charge >= 0.3 is 0 Å². The van der Waals surface area contributed by atoms with Crippen LogP contribution in [-0.4, -0.2) is 25.1 Å². The van der Waals surface area contributed by atoms with Gasteiger partial charge in [-0.25, -0.2) is 9.79 Å². The molecule has 1 aromatic rings. The minimum absolute atomic E-state index is 0.350. The van der Waals surface area contributed by atoms with E-state index in [2.05, 4.69) is 9.98 Å². The van der Waals surface area contributed by atoms with E-state index < -0.39 is 0 Å². The molecule has 1 saturated carbocycles. The van der Waals surface area contributed by atoms with Crippen molar-refractivity contribution in [3.63, 3.8) is 0 Å². The first kappa shape index (κ1) is 11.2. The Morgan fingerprint density at radius 2 is 2.28 bits per heavy atom. The molecule has 1 aliphatic carbocycles. The second-order valence-corrected chi connectivity index (χ2v) is 4.70. The average molecular weight is 242 g/mol. The normalized spacial score (nSPS) is 20.3. The minimum Gasteiger partial charge on any atom is -0.476 e. The van der Waals surface area contributed by atoms with E-state index in [1.807, 2.05) is 24.3 Å². The summed E-state index contributed by atoms with van der Waals surface area (Å²) in [7, 11) is 0. The second kappa shape index (κ2) is 4.39. The number of nitrogens with zero attached hydrogens (tertiary/aromatic N) is 2. The van der Waals surface area contributed by atoms with Crippen molar-refractivity contribution < 1.29 is 9.53 Å². The summed E-state index contributed by atoms with van der Waals surface area (Å²) >= 11 is 0. The van der Waals surface area contributed by atoms with Crippen molar-refractivity contribution in [3.05, 3.63) is 35.4 Å². The molecule has 2 aliphatic rings. The molecule has 0 aromatic heterocycles. The van der Waals surface area contributed by atoms with E-state index in [1.165, 1.54) is 0 Å². The summed E-state index contributed by atoms with van der Waals surface area (Å²) in [6.45, 7) is 1.37. The minimum atomic E-state index is -0.350. The molecule has 0 amide bonds. The fourth-order valence-corrected chi connectivity index (χ4v) is 2.52. The average Bonchev–Trinajstić information content (AvgIpc) is 2.88. The van der Waals surface area contributed by atoms with E-state index in [1.54, 1.807) is 6.08 Å². The molecule has 0 atom stereocenters. The largest absolute Gasteiger partial charge is 0.476 e. The molecule has 0 N–H and O–H groups in total. The highest BCUT2D eigenvalue weighted by atomic mass is 16.5. The molecule has 4 nitrogen and oxygen atoms in total. The van der Waals surface area contributed by atoms with Gasteiger partial charge in [-0.05, 0) is 37.0 Å². The first-order chi connectivity index (χ1) is 8.84. The summed E-state index contributed by atoms with van der Waals surface area (Å²) in [5.74, 6) is 0.696. The second-order valence-electron chi connectivity index (χ2n) is 4.70. The summed E-state index contributed by atoms with van der Waals surface area (Å²) in [5, 5.41) is 0. The Morgan fingerprint density at radius 3 is 2.89 bits per heavy atom. The Hall–Kier alpha value is -1.93. The van der Waals surface area contributed by atoms with Crippen LogP contribution < -0.4 is 0 Å². The fourth-order valence-electron chi connectivity index (χ4n) is 2.52. The maximum Gasteiger partial charge on any atom is 0.235 e. The van der Waals surface area contributed by atoms with E-state index in [-0.39, 0.29) is 5.54 Å². The van der Waals surface area contributed by atoms with Crippen LogP contribution in [0.15, 0.2) is 34.3 Å². The van der Waals surface area contributed by atoms with Crippen molar-refractivity contribution in [2.45, 2.75) is 24.8 Å². The van der Waals surface area contributed by atoms with Gasteiger partial charge in [0.05, 0.1) is 12.1 Å². The van der Waals surface area contributed by atoms with Crippen molar-refractivity contribution in [2.24, 2.45) is 9.98 Å². The number of hydrogen-bond donors (Lipinski definition) is 0. The summed E-state index contributed by atoms with van der Waals surface area (Å²) in [6, 6.07) is 7.99. The van der Waals surface area contributed by atoms with Crippen LogP contribution >= 0.6 is 0 Å². The van der Waals surface area contributed by atoms with Crippen LogP contribution in [0, 0.1) is 0 Å². The lowest BCUT2D eigenvalue weighted by atomic mass is 9.72. The van der Waals surface area contributed by atoms with Gasteiger partial charge in [0.1, 0.15) is 6.61 Å². The van der Waals surface area contributed by atoms with Gasteiger partial charge in [0.15, 0.2) is 0 Å². The van der Waals surface area contributed by atoms with Crippen LogP contribution in [0.4, 0.5) is 0 Å². The lowest BCUT2D eigenvalue weighted by Crippen LogP contribution is -2.32. The molecule has 1 aromatic carbocycles. The van der Waals surface area contributed by atoms with Gasteiger partial charge in [-0.1, -0.05) is 12.1 Å². The maximum atomic E-state index is 10.6. The van der Waals surface area contributed by atoms with Crippen LogP contribution in [0.1, 0.15) is 30.4 Å². The van der Waals surface area contributed by atoms with E-state index in [0.717, 1.165) is 36.9 Å². The smallest absolute Gasteiger partial charge is 0.235 e. The SMILES string of the molecule is O=C=NC1(c2cccc(C3=NCCO3)c2)CCC1. The van der Waals surface area contributed by atoms with Crippen LogP contribution in [0.25, 0.3) is 0 Å². The lowest BCUT2D eigenvalue weighted by molar-refractivity contribution is 0.256.